The first-order valence-corrected chi connectivity index (χ1v) is 7.20. The van der Waals surface area contributed by atoms with Crippen LogP contribution in [0.1, 0.15) is 41.3 Å². The van der Waals surface area contributed by atoms with Gasteiger partial charge < -0.3 is 5.32 Å². The Hall–Kier alpha value is -2.09. The van der Waals surface area contributed by atoms with Crippen molar-refractivity contribution >= 4 is 5.91 Å². The molecule has 0 aliphatic rings. The lowest BCUT2D eigenvalue weighted by Gasteiger charge is -2.06. The van der Waals surface area contributed by atoms with Gasteiger partial charge in [0, 0.05) is 12.1 Å². The summed E-state index contributed by atoms with van der Waals surface area (Å²) in [7, 11) is 0. The molecule has 0 aromatic heterocycles. The quantitative estimate of drug-likeness (QED) is 0.843. The highest BCUT2D eigenvalue weighted by molar-refractivity contribution is 5.94. The smallest absolute Gasteiger partial charge is 0.251 e. The molecule has 2 aromatic carbocycles. The van der Waals surface area contributed by atoms with Crippen LogP contribution in [0.5, 0.6) is 0 Å². The Bertz CT molecular complexity index is 531. The topological polar surface area (TPSA) is 29.1 Å². The summed E-state index contributed by atoms with van der Waals surface area (Å²) in [5.74, 6) is -0.0177. The van der Waals surface area contributed by atoms with Crippen LogP contribution in [0.2, 0.25) is 0 Å². The van der Waals surface area contributed by atoms with Crippen molar-refractivity contribution in [3.8, 4) is 0 Å². The van der Waals surface area contributed by atoms with Crippen LogP contribution in [0.15, 0.2) is 54.6 Å². The molecule has 0 saturated carbocycles. The number of carbonyl (C=O) groups is 1. The number of carbonyl (C=O) groups excluding carboxylic acids is 1. The summed E-state index contributed by atoms with van der Waals surface area (Å²) in [5.41, 5.74) is 3.13. The first-order valence-electron chi connectivity index (χ1n) is 7.20. The highest BCUT2D eigenvalue weighted by Gasteiger charge is 2.04. The summed E-state index contributed by atoms with van der Waals surface area (Å²) in [4.78, 5) is 12.0. The molecule has 1 N–H and O–H groups in total. The predicted octanol–water partition coefficient (Wildman–Crippen LogP) is 3.96. The van der Waals surface area contributed by atoms with E-state index in [0.717, 1.165) is 17.5 Å². The molecule has 2 nitrogen and oxygen atoms in total. The zero-order chi connectivity index (χ0) is 14.2. The van der Waals surface area contributed by atoms with Gasteiger partial charge in [0.2, 0.25) is 0 Å². The average Bonchev–Trinajstić information content (AvgIpc) is 2.52. The van der Waals surface area contributed by atoms with E-state index in [1.807, 2.05) is 54.6 Å². The first-order chi connectivity index (χ1) is 9.79. The highest BCUT2D eigenvalue weighted by atomic mass is 16.1. The van der Waals surface area contributed by atoms with Gasteiger partial charge in [-0.25, -0.2) is 0 Å². The largest absolute Gasteiger partial charge is 0.348 e. The fourth-order valence-corrected chi connectivity index (χ4v) is 2.08. The molecule has 0 bridgehead atoms. The molecule has 0 radical (unpaired) electrons. The summed E-state index contributed by atoms with van der Waals surface area (Å²) < 4.78 is 0. The lowest BCUT2D eigenvalue weighted by molar-refractivity contribution is 0.0951. The zero-order valence-electron chi connectivity index (χ0n) is 11.9. The van der Waals surface area contributed by atoms with Crippen LogP contribution in [0.25, 0.3) is 0 Å². The molecule has 0 aliphatic carbocycles. The zero-order valence-corrected chi connectivity index (χ0v) is 11.9. The maximum Gasteiger partial charge on any atom is 0.251 e. The van der Waals surface area contributed by atoms with Crippen LogP contribution in [0, 0.1) is 0 Å². The third-order valence-corrected chi connectivity index (χ3v) is 3.33. The Labute approximate surface area is 120 Å². The number of nitrogens with one attached hydrogen (secondary N) is 1. The van der Waals surface area contributed by atoms with Crippen molar-refractivity contribution in [2.75, 3.05) is 0 Å². The molecule has 0 heterocycles. The third-order valence-electron chi connectivity index (χ3n) is 3.33. The van der Waals surface area contributed by atoms with Crippen molar-refractivity contribution in [2.45, 2.75) is 32.7 Å². The molecule has 0 saturated heterocycles. The molecule has 0 unspecified atom stereocenters. The molecule has 2 aromatic rings. The fourth-order valence-electron chi connectivity index (χ4n) is 2.08. The van der Waals surface area contributed by atoms with Gasteiger partial charge in [0.1, 0.15) is 0 Å². The minimum absolute atomic E-state index is 0.0177. The van der Waals surface area contributed by atoms with Gasteiger partial charge in [0.05, 0.1) is 0 Å². The number of amides is 1. The van der Waals surface area contributed by atoms with Crippen molar-refractivity contribution in [3.05, 3.63) is 71.3 Å². The third kappa shape index (κ3) is 4.23. The second kappa shape index (κ2) is 7.49. The molecular formula is C18H21NO. The van der Waals surface area contributed by atoms with E-state index in [-0.39, 0.29) is 5.91 Å². The maximum atomic E-state index is 12.0. The van der Waals surface area contributed by atoms with E-state index in [4.69, 9.17) is 0 Å². The Balaban J connectivity index is 1.89. The van der Waals surface area contributed by atoms with Gasteiger partial charge in [-0.15, -0.1) is 0 Å². The van der Waals surface area contributed by atoms with Crippen molar-refractivity contribution < 1.29 is 4.79 Å². The molecular weight excluding hydrogens is 246 g/mol. The number of hydrogen-bond acceptors (Lipinski definition) is 1. The number of unbranched alkanes of at least 4 members (excludes halogenated alkanes) is 1. The molecule has 2 rings (SSSR count). The van der Waals surface area contributed by atoms with E-state index in [2.05, 4.69) is 12.2 Å². The van der Waals surface area contributed by atoms with E-state index in [1.165, 1.54) is 18.4 Å². The van der Waals surface area contributed by atoms with E-state index in [0.29, 0.717) is 6.54 Å². The number of aryl methyl sites for hydroxylation is 1. The number of rotatable bonds is 6. The summed E-state index contributed by atoms with van der Waals surface area (Å²) in [6.45, 7) is 2.75. The standard InChI is InChI=1S/C18H21NO/c1-2-3-7-15-10-12-17(13-11-15)18(20)19-14-16-8-5-4-6-9-16/h4-6,8-13H,2-3,7,14H2,1H3,(H,19,20). The van der Waals surface area contributed by atoms with Gasteiger partial charge in [-0.2, -0.15) is 0 Å². The summed E-state index contributed by atoms with van der Waals surface area (Å²) in [6, 6.07) is 17.9. The van der Waals surface area contributed by atoms with Crippen LogP contribution >= 0.6 is 0 Å². The lowest BCUT2D eigenvalue weighted by Crippen LogP contribution is -2.22. The second-order valence-electron chi connectivity index (χ2n) is 4.97. The van der Waals surface area contributed by atoms with Gasteiger partial charge in [-0.1, -0.05) is 55.8 Å². The van der Waals surface area contributed by atoms with Gasteiger partial charge in [-0.05, 0) is 36.1 Å². The van der Waals surface area contributed by atoms with Crippen LogP contribution in [-0.2, 0) is 13.0 Å². The van der Waals surface area contributed by atoms with Crippen LogP contribution < -0.4 is 5.32 Å². The summed E-state index contributed by atoms with van der Waals surface area (Å²) >= 11 is 0. The molecule has 0 aliphatic heterocycles. The van der Waals surface area contributed by atoms with Gasteiger partial charge in [0.15, 0.2) is 0 Å². The van der Waals surface area contributed by atoms with E-state index in [9.17, 15) is 4.79 Å². The van der Waals surface area contributed by atoms with Crippen molar-refractivity contribution in [1.82, 2.24) is 5.32 Å². The van der Waals surface area contributed by atoms with Gasteiger partial charge in [-0.3, -0.25) is 4.79 Å². The molecule has 1 amide bonds. The predicted molar refractivity (Wildman–Crippen MR) is 82.7 cm³/mol. The van der Waals surface area contributed by atoms with E-state index >= 15 is 0 Å². The van der Waals surface area contributed by atoms with Gasteiger partial charge >= 0.3 is 0 Å². The van der Waals surface area contributed by atoms with Gasteiger partial charge in [0.25, 0.3) is 5.91 Å². The lowest BCUT2D eigenvalue weighted by atomic mass is 10.1. The second-order valence-corrected chi connectivity index (χ2v) is 4.97. The Morgan fingerprint density at radius 1 is 0.950 bits per heavy atom. The normalized spacial score (nSPS) is 10.2. The molecule has 0 fully saturated rings. The van der Waals surface area contributed by atoms with Crippen LogP contribution in [0.4, 0.5) is 0 Å². The monoisotopic (exact) mass is 267 g/mol. The fraction of sp³-hybridized carbons (Fsp3) is 0.278. The minimum Gasteiger partial charge on any atom is -0.348 e. The van der Waals surface area contributed by atoms with Crippen molar-refractivity contribution in [2.24, 2.45) is 0 Å². The summed E-state index contributed by atoms with van der Waals surface area (Å²) in [5, 5.41) is 2.94. The van der Waals surface area contributed by atoms with E-state index < -0.39 is 0 Å². The van der Waals surface area contributed by atoms with Crippen molar-refractivity contribution in [1.29, 1.82) is 0 Å². The average molecular weight is 267 g/mol. The molecule has 0 spiro atoms. The summed E-state index contributed by atoms with van der Waals surface area (Å²) in [6.07, 6.45) is 3.47. The van der Waals surface area contributed by atoms with E-state index in [1.54, 1.807) is 0 Å². The SMILES string of the molecule is CCCCc1ccc(C(=O)NCc2ccccc2)cc1. The van der Waals surface area contributed by atoms with Crippen LogP contribution in [0.3, 0.4) is 0 Å². The van der Waals surface area contributed by atoms with Crippen molar-refractivity contribution in [3.63, 3.8) is 0 Å². The number of hydrogen-bond donors (Lipinski definition) is 1. The Morgan fingerprint density at radius 3 is 2.30 bits per heavy atom. The number of benzene rings is 2. The van der Waals surface area contributed by atoms with Crippen LogP contribution in [-0.4, -0.2) is 5.91 Å². The molecule has 2 heteroatoms. The molecule has 104 valence electrons. The maximum absolute atomic E-state index is 12.0. The minimum atomic E-state index is -0.0177. The molecule has 20 heavy (non-hydrogen) atoms. The first kappa shape index (κ1) is 14.3. The Morgan fingerprint density at radius 2 is 1.65 bits per heavy atom. The Kier molecular flexibility index (Phi) is 5.36. The molecule has 0 atom stereocenters. The highest BCUT2D eigenvalue weighted by Crippen LogP contribution is 2.08.